The Labute approximate surface area is 71.9 Å². The zero-order valence-electron chi connectivity index (χ0n) is 7.28. The molecule has 0 aliphatic heterocycles. The van der Waals surface area contributed by atoms with Crippen LogP contribution in [0.2, 0.25) is 0 Å². The molecule has 1 aromatic heterocycles. The van der Waals surface area contributed by atoms with E-state index in [1.165, 1.54) is 0 Å². The molecule has 1 aromatic rings. The molecule has 0 N–H and O–H groups in total. The van der Waals surface area contributed by atoms with Crippen molar-refractivity contribution >= 4 is 12.0 Å². The SMILES string of the molecule is C=C(C)C=Nc1nccnc1C. The molecule has 0 saturated heterocycles. The molecule has 0 amide bonds. The third-order valence-corrected chi connectivity index (χ3v) is 1.26. The lowest BCUT2D eigenvalue weighted by Crippen LogP contribution is -1.84. The fourth-order valence-electron chi connectivity index (χ4n) is 0.698. The molecule has 0 bridgehead atoms. The first kappa shape index (κ1) is 8.59. The third kappa shape index (κ3) is 2.27. The summed E-state index contributed by atoms with van der Waals surface area (Å²) in [6.07, 6.45) is 4.95. The molecule has 1 rings (SSSR count). The van der Waals surface area contributed by atoms with Gasteiger partial charge >= 0.3 is 0 Å². The van der Waals surface area contributed by atoms with Gasteiger partial charge in [-0.2, -0.15) is 0 Å². The second-order valence-electron chi connectivity index (χ2n) is 2.57. The van der Waals surface area contributed by atoms with Gasteiger partial charge in [-0.05, 0) is 19.4 Å². The van der Waals surface area contributed by atoms with E-state index in [9.17, 15) is 0 Å². The first-order valence-electron chi connectivity index (χ1n) is 3.67. The average Bonchev–Trinajstić information content (AvgIpc) is 2.03. The summed E-state index contributed by atoms with van der Waals surface area (Å²) in [6.45, 7) is 7.46. The van der Waals surface area contributed by atoms with Crippen LogP contribution in [0.25, 0.3) is 0 Å². The van der Waals surface area contributed by atoms with Gasteiger partial charge in [0.2, 0.25) is 0 Å². The molecule has 0 spiro atoms. The van der Waals surface area contributed by atoms with Crippen molar-refractivity contribution in [3.05, 3.63) is 30.2 Å². The standard InChI is InChI=1S/C9H11N3/c1-7(2)6-12-9-8(3)10-4-5-11-9/h4-6H,1H2,2-3H3. The highest BCUT2D eigenvalue weighted by atomic mass is 14.9. The quantitative estimate of drug-likeness (QED) is 0.623. The summed E-state index contributed by atoms with van der Waals surface area (Å²) in [7, 11) is 0. The van der Waals surface area contributed by atoms with E-state index in [0.717, 1.165) is 11.3 Å². The summed E-state index contributed by atoms with van der Waals surface area (Å²) < 4.78 is 0. The minimum atomic E-state index is 0.653. The Morgan fingerprint density at radius 2 is 2.17 bits per heavy atom. The lowest BCUT2D eigenvalue weighted by molar-refractivity contribution is 1.10. The van der Waals surface area contributed by atoms with Crippen molar-refractivity contribution in [3.63, 3.8) is 0 Å². The summed E-state index contributed by atoms with van der Waals surface area (Å²) in [5.41, 5.74) is 1.73. The van der Waals surface area contributed by atoms with E-state index in [0.29, 0.717) is 5.82 Å². The number of hydrogen-bond acceptors (Lipinski definition) is 3. The number of aromatic nitrogens is 2. The summed E-state index contributed by atoms with van der Waals surface area (Å²) in [5.74, 6) is 0.653. The van der Waals surface area contributed by atoms with Gasteiger partial charge in [0.25, 0.3) is 0 Å². The number of allylic oxidation sites excluding steroid dienone is 1. The molecule has 1 heterocycles. The maximum atomic E-state index is 4.11. The molecule has 0 saturated carbocycles. The lowest BCUT2D eigenvalue weighted by atomic mass is 10.4. The van der Waals surface area contributed by atoms with Gasteiger partial charge < -0.3 is 0 Å². The van der Waals surface area contributed by atoms with Crippen LogP contribution in [0.4, 0.5) is 5.82 Å². The zero-order valence-corrected chi connectivity index (χ0v) is 7.28. The van der Waals surface area contributed by atoms with E-state index in [2.05, 4.69) is 21.5 Å². The van der Waals surface area contributed by atoms with E-state index >= 15 is 0 Å². The van der Waals surface area contributed by atoms with Crippen LogP contribution >= 0.6 is 0 Å². The first-order chi connectivity index (χ1) is 5.70. The molecule has 0 radical (unpaired) electrons. The van der Waals surface area contributed by atoms with E-state index in [-0.39, 0.29) is 0 Å². The second-order valence-corrected chi connectivity index (χ2v) is 2.57. The van der Waals surface area contributed by atoms with Gasteiger partial charge in [0.05, 0.1) is 5.69 Å². The highest BCUT2D eigenvalue weighted by molar-refractivity contribution is 5.79. The number of nitrogens with zero attached hydrogens (tertiary/aromatic N) is 3. The Bertz CT molecular complexity index is 315. The van der Waals surface area contributed by atoms with Gasteiger partial charge in [-0.3, -0.25) is 4.98 Å². The van der Waals surface area contributed by atoms with Crippen molar-refractivity contribution in [2.24, 2.45) is 4.99 Å². The van der Waals surface area contributed by atoms with Gasteiger partial charge in [0.1, 0.15) is 0 Å². The minimum absolute atomic E-state index is 0.653. The summed E-state index contributed by atoms with van der Waals surface area (Å²) in [5, 5.41) is 0. The predicted molar refractivity (Wildman–Crippen MR) is 49.7 cm³/mol. The Balaban J connectivity index is 2.89. The molecule has 0 unspecified atom stereocenters. The van der Waals surface area contributed by atoms with Crippen molar-refractivity contribution in [2.75, 3.05) is 0 Å². The second kappa shape index (κ2) is 3.76. The van der Waals surface area contributed by atoms with Crippen molar-refractivity contribution in [3.8, 4) is 0 Å². The van der Waals surface area contributed by atoms with Crippen LogP contribution in [0.15, 0.2) is 29.5 Å². The maximum absolute atomic E-state index is 4.11. The van der Waals surface area contributed by atoms with E-state index in [4.69, 9.17) is 0 Å². The first-order valence-corrected chi connectivity index (χ1v) is 3.67. The number of aryl methyl sites for hydroxylation is 1. The number of hydrogen-bond donors (Lipinski definition) is 0. The van der Waals surface area contributed by atoms with Gasteiger partial charge in [0, 0.05) is 18.6 Å². The largest absolute Gasteiger partial charge is 0.256 e. The molecular formula is C9H11N3. The van der Waals surface area contributed by atoms with Gasteiger partial charge in [0.15, 0.2) is 5.82 Å². The smallest absolute Gasteiger partial charge is 0.173 e. The molecular weight excluding hydrogens is 150 g/mol. The maximum Gasteiger partial charge on any atom is 0.173 e. The molecule has 0 aromatic carbocycles. The monoisotopic (exact) mass is 161 g/mol. The summed E-state index contributed by atoms with van der Waals surface area (Å²) in [6, 6.07) is 0. The Kier molecular flexibility index (Phi) is 2.69. The molecule has 0 aliphatic carbocycles. The van der Waals surface area contributed by atoms with Crippen LogP contribution in [0.3, 0.4) is 0 Å². The summed E-state index contributed by atoms with van der Waals surface area (Å²) >= 11 is 0. The van der Waals surface area contributed by atoms with Crippen LogP contribution in [0, 0.1) is 6.92 Å². The normalized spacial score (nSPS) is 10.5. The molecule has 12 heavy (non-hydrogen) atoms. The lowest BCUT2D eigenvalue weighted by Gasteiger charge is -1.94. The average molecular weight is 161 g/mol. The topological polar surface area (TPSA) is 38.1 Å². The zero-order chi connectivity index (χ0) is 8.97. The van der Waals surface area contributed by atoms with Crippen molar-refractivity contribution in [2.45, 2.75) is 13.8 Å². The van der Waals surface area contributed by atoms with Crippen LogP contribution in [-0.2, 0) is 0 Å². The highest BCUT2D eigenvalue weighted by Gasteiger charge is 1.94. The van der Waals surface area contributed by atoms with Gasteiger partial charge in [-0.1, -0.05) is 6.58 Å². The molecule has 62 valence electrons. The van der Waals surface area contributed by atoms with Gasteiger partial charge in [-0.25, -0.2) is 9.98 Å². The predicted octanol–water partition coefficient (Wildman–Crippen LogP) is 2.06. The Morgan fingerprint density at radius 1 is 1.50 bits per heavy atom. The minimum Gasteiger partial charge on any atom is -0.256 e. The summed E-state index contributed by atoms with van der Waals surface area (Å²) in [4.78, 5) is 12.2. The van der Waals surface area contributed by atoms with E-state index in [1.807, 2.05) is 13.8 Å². The highest BCUT2D eigenvalue weighted by Crippen LogP contribution is 2.09. The van der Waals surface area contributed by atoms with Crippen LogP contribution < -0.4 is 0 Å². The van der Waals surface area contributed by atoms with Crippen molar-refractivity contribution < 1.29 is 0 Å². The Morgan fingerprint density at radius 3 is 2.75 bits per heavy atom. The van der Waals surface area contributed by atoms with Crippen LogP contribution in [0.1, 0.15) is 12.6 Å². The fourth-order valence-corrected chi connectivity index (χ4v) is 0.698. The van der Waals surface area contributed by atoms with Gasteiger partial charge in [-0.15, -0.1) is 0 Å². The molecule has 3 heteroatoms. The van der Waals surface area contributed by atoms with Crippen LogP contribution in [0.5, 0.6) is 0 Å². The van der Waals surface area contributed by atoms with Crippen molar-refractivity contribution in [1.82, 2.24) is 9.97 Å². The number of rotatable bonds is 2. The van der Waals surface area contributed by atoms with E-state index < -0.39 is 0 Å². The third-order valence-electron chi connectivity index (χ3n) is 1.26. The molecule has 3 nitrogen and oxygen atoms in total. The fraction of sp³-hybridized carbons (Fsp3) is 0.222. The van der Waals surface area contributed by atoms with Crippen molar-refractivity contribution in [1.29, 1.82) is 0 Å². The number of aliphatic imine (C=N–C) groups is 1. The molecule has 0 fully saturated rings. The van der Waals surface area contributed by atoms with Crippen LogP contribution in [-0.4, -0.2) is 16.2 Å². The molecule has 0 aliphatic rings. The molecule has 0 atom stereocenters. The Hall–Kier alpha value is -1.51. The van der Waals surface area contributed by atoms with E-state index in [1.54, 1.807) is 18.6 Å².